The summed E-state index contributed by atoms with van der Waals surface area (Å²) in [5, 5.41) is 0. The zero-order valence-electron chi connectivity index (χ0n) is 15.0. The minimum atomic E-state index is -3.34. The molecule has 0 amide bonds. The van der Waals surface area contributed by atoms with Gasteiger partial charge in [0.2, 0.25) is 10.0 Å². The number of aryl methyl sites for hydroxylation is 1. The fourth-order valence-electron chi connectivity index (χ4n) is 3.14. The van der Waals surface area contributed by atoms with Gasteiger partial charge in [-0.15, -0.1) is 0 Å². The first-order valence-corrected chi connectivity index (χ1v) is 10.4. The van der Waals surface area contributed by atoms with Gasteiger partial charge in [0.25, 0.3) is 0 Å². The van der Waals surface area contributed by atoms with Crippen LogP contribution >= 0.6 is 0 Å². The Bertz CT molecular complexity index is 858. The summed E-state index contributed by atoms with van der Waals surface area (Å²) in [5.74, 6) is 0.102. The number of hydrogen-bond acceptors (Lipinski definition) is 4. The van der Waals surface area contributed by atoms with Crippen molar-refractivity contribution < 1.29 is 13.2 Å². The van der Waals surface area contributed by atoms with Crippen LogP contribution in [-0.2, 0) is 15.8 Å². The van der Waals surface area contributed by atoms with Gasteiger partial charge >= 0.3 is 0 Å². The Morgan fingerprint density at radius 3 is 2.19 bits per heavy atom. The molecule has 3 rings (SSSR count). The highest BCUT2D eigenvalue weighted by Crippen LogP contribution is 2.16. The Balaban J connectivity index is 1.56. The van der Waals surface area contributed by atoms with Crippen LogP contribution in [-0.4, -0.2) is 56.1 Å². The number of benzene rings is 2. The first kappa shape index (κ1) is 18.8. The van der Waals surface area contributed by atoms with Crippen molar-refractivity contribution in [2.24, 2.45) is 0 Å². The Labute approximate surface area is 155 Å². The number of carbonyl (C=O) groups is 1. The van der Waals surface area contributed by atoms with E-state index in [1.54, 1.807) is 4.31 Å². The highest BCUT2D eigenvalue weighted by Gasteiger charge is 2.28. The average molecular weight is 372 g/mol. The van der Waals surface area contributed by atoms with Crippen molar-refractivity contribution in [1.29, 1.82) is 0 Å². The van der Waals surface area contributed by atoms with Crippen LogP contribution in [0.3, 0.4) is 0 Å². The van der Waals surface area contributed by atoms with Crippen LogP contribution in [0.5, 0.6) is 0 Å². The molecule has 0 atom stereocenters. The lowest BCUT2D eigenvalue weighted by atomic mass is 10.1. The Morgan fingerprint density at radius 1 is 0.923 bits per heavy atom. The number of Topliss-reactive ketones (excluding diaryl/α,β-unsaturated/α-hetero) is 1. The molecule has 0 bridgehead atoms. The highest BCUT2D eigenvalue weighted by molar-refractivity contribution is 7.88. The van der Waals surface area contributed by atoms with E-state index in [1.807, 2.05) is 66.4 Å². The Hall–Kier alpha value is -2.02. The molecule has 2 aromatic carbocycles. The second kappa shape index (κ2) is 8.12. The summed E-state index contributed by atoms with van der Waals surface area (Å²) in [6.07, 6.45) is 0. The molecule has 0 radical (unpaired) electrons. The largest absolute Gasteiger partial charge is 0.293 e. The zero-order valence-corrected chi connectivity index (χ0v) is 15.8. The van der Waals surface area contributed by atoms with E-state index in [9.17, 15) is 13.2 Å². The van der Waals surface area contributed by atoms with Crippen LogP contribution < -0.4 is 0 Å². The predicted molar refractivity (Wildman–Crippen MR) is 103 cm³/mol. The lowest BCUT2D eigenvalue weighted by Gasteiger charge is -2.33. The van der Waals surface area contributed by atoms with E-state index >= 15 is 0 Å². The van der Waals surface area contributed by atoms with E-state index in [2.05, 4.69) is 0 Å². The van der Waals surface area contributed by atoms with Gasteiger partial charge in [-0.25, -0.2) is 8.42 Å². The summed E-state index contributed by atoms with van der Waals surface area (Å²) in [7, 11) is -3.34. The van der Waals surface area contributed by atoms with Crippen molar-refractivity contribution in [2.75, 3.05) is 32.7 Å². The second-order valence-electron chi connectivity index (χ2n) is 6.65. The molecule has 0 aromatic heterocycles. The van der Waals surface area contributed by atoms with E-state index in [0.717, 1.165) is 11.1 Å². The van der Waals surface area contributed by atoms with Crippen LogP contribution in [0.4, 0.5) is 0 Å². The fraction of sp³-hybridized carbons (Fsp3) is 0.350. The smallest absolute Gasteiger partial charge is 0.218 e. The van der Waals surface area contributed by atoms with Gasteiger partial charge in [-0.1, -0.05) is 54.6 Å². The number of hydrogen-bond donors (Lipinski definition) is 0. The van der Waals surface area contributed by atoms with Gasteiger partial charge in [0.1, 0.15) is 0 Å². The molecule has 138 valence electrons. The topological polar surface area (TPSA) is 57.7 Å². The normalized spacial score (nSPS) is 16.5. The summed E-state index contributed by atoms with van der Waals surface area (Å²) in [6, 6.07) is 16.8. The van der Waals surface area contributed by atoms with Crippen LogP contribution in [0.25, 0.3) is 0 Å². The maximum Gasteiger partial charge on any atom is 0.218 e. The molecular formula is C20H24N2O3S. The molecule has 1 aliphatic rings. The van der Waals surface area contributed by atoms with E-state index in [1.165, 1.54) is 0 Å². The Kier molecular flexibility index (Phi) is 5.86. The molecule has 2 aromatic rings. The molecule has 0 spiro atoms. The molecule has 1 fully saturated rings. The molecule has 0 saturated carbocycles. The van der Waals surface area contributed by atoms with Gasteiger partial charge in [0, 0.05) is 31.7 Å². The van der Waals surface area contributed by atoms with Crippen LogP contribution in [0.15, 0.2) is 54.6 Å². The number of ketones is 1. The molecule has 5 nitrogen and oxygen atoms in total. The standard InChI is InChI=1S/C20H24N2O3S/c1-17-7-5-6-10-19(17)16-26(24,25)22-13-11-21(12-14-22)15-20(23)18-8-3-2-4-9-18/h2-10H,11-16H2,1H3. The van der Waals surface area contributed by atoms with Crippen LogP contribution in [0.2, 0.25) is 0 Å². The lowest BCUT2D eigenvalue weighted by Crippen LogP contribution is -2.50. The van der Waals surface area contributed by atoms with Gasteiger partial charge in [-0.2, -0.15) is 4.31 Å². The molecule has 0 aliphatic carbocycles. The number of piperazine rings is 1. The lowest BCUT2D eigenvalue weighted by molar-refractivity contribution is 0.0901. The number of nitrogens with zero attached hydrogens (tertiary/aromatic N) is 2. The third-order valence-corrected chi connectivity index (χ3v) is 6.61. The van der Waals surface area contributed by atoms with Gasteiger partial charge in [0.05, 0.1) is 12.3 Å². The fourth-order valence-corrected chi connectivity index (χ4v) is 4.76. The first-order chi connectivity index (χ1) is 12.5. The maximum atomic E-state index is 12.7. The van der Waals surface area contributed by atoms with Gasteiger partial charge < -0.3 is 0 Å². The van der Waals surface area contributed by atoms with E-state index in [-0.39, 0.29) is 11.5 Å². The highest BCUT2D eigenvalue weighted by atomic mass is 32.2. The molecule has 1 heterocycles. The quantitative estimate of drug-likeness (QED) is 0.731. The SMILES string of the molecule is Cc1ccccc1CS(=O)(=O)N1CCN(CC(=O)c2ccccc2)CC1. The minimum absolute atomic E-state index is 0.0304. The van der Waals surface area contributed by atoms with Crippen molar-refractivity contribution >= 4 is 15.8 Å². The zero-order chi connectivity index (χ0) is 18.6. The molecule has 1 aliphatic heterocycles. The third-order valence-electron chi connectivity index (χ3n) is 4.79. The maximum absolute atomic E-state index is 12.7. The molecule has 0 unspecified atom stereocenters. The number of carbonyl (C=O) groups excluding carboxylic acids is 1. The van der Waals surface area contributed by atoms with E-state index in [4.69, 9.17) is 0 Å². The summed E-state index contributed by atoms with van der Waals surface area (Å²) >= 11 is 0. The third kappa shape index (κ3) is 4.58. The van der Waals surface area contributed by atoms with Crippen molar-refractivity contribution in [3.05, 3.63) is 71.3 Å². The molecule has 0 N–H and O–H groups in total. The van der Waals surface area contributed by atoms with E-state index in [0.29, 0.717) is 38.3 Å². The average Bonchev–Trinajstić information content (AvgIpc) is 2.65. The number of sulfonamides is 1. The summed E-state index contributed by atoms with van der Waals surface area (Å²) in [5.41, 5.74) is 2.53. The number of rotatable bonds is 6. The second-order valence-corrected chi connectivity index (χ2v) is 8.62. The first-order valence-electron chi connectivity index (χ1n) is 8.78. The molecule has 6 heteroatoms. The van der Waals surface area contributed by atoms with Crippen molar-refractivity contribution in [3.8, 4) is 0 Å². The summed E-state index contributed by atoms with van der Waals surface area (Å²) in [4.78, 5) is 14.3. The predicted octanol–water partition coefficient (Wildman–Crippen LogP) is 2.33. The summed E-state index contributed by atoms with van der Waals surface area (Å²) in [6.45, 7) is 4.26. The molecule has 26 heavy (non-hydrogen) atoms. The van der Waals surface area contributed by atoms with Gasteiger partial charge in [-0.3, -0.25) is 9.69 Å². The molecule has 1 saturated heterocycles. The molecular weight excluding hydrogens is 348 g/mol. The van der Waals surface area contributed by atoms with Crippen molar-refractivity contribution in [2.45, 2.75) is 12.7 Å². The van der Waals surface area contributed by atoms with Gasteiger partial charge in [-0.05, 0) is 18.1 Å². The Morgan fingerprint density at radius 2 is 1.54 bits per heavy atom. The summed E-state index contributed by atoms with van der Waals surface area (Å²) < 4.78 is 26.9. The monoisotopic (exact) mass is 372 g/mol. The van der Waals surface area contributed by atoms with Crippen LogP contribution in [0.1, 0.15) is 21.5 Å². The minimum Gasteiger partial charge on any atom is -0.293 e. The van der Waals surface area contributed by atoms with E-state index < -0.39 is 10.0 Å². The van der Waals surface area contributed by atoms with Crippen molar-refractivity contribution in [1.82, 2.24) is 9.21 Å². The van der Waals surface area contributed by atoms with Crippen molar-refractivity contribution in [3.63, 3.8) is 0 Å². The van der Waals surface area contributed by atoms with Gasteiger partial charge in [0.15, 0.2) is 5.78 Å². The van der Waals surface area contributed by atoms with Crippen LogP contribution in [0, 0.1) is 6.92 Å².